The van der Waals surface area contributed by atoms with Gasteiger partial charge in [-0.05, 0) is 37.8 Å². The molecule has 2 heteroatoms. The van der Waals surface area contributed by atoms with Gasteiger partial charge in [0.1, 0.15) is 5.01 Å². The molecule has 0 atom stereocenters. The maximum Gasteiger partial charge on any atom is 0.123 e. The summed E-state index contributed by atoms with van der Waals surface area (Å²) in [6.07, 6.45) is 1.04. The third-order valence-electron chi connectivity index (χ3n) is 2.73. The molecule has 0 amide bonds. The summed E-state index contributed by atoms with van der Waals surface area (Å²) in [5.74, 6) is 0. The van der Waals surface area contributed by atoms with Gasteiger partial charge in [-0.15, -0.1) is 11.3 Å². The summed E-state index contributed by atoms with van der Waals surface area (Å²) in [5.41, 5.74) is 5.36. The highest BCUT2D eigenvalue weighted by atomic mass is 32.1. The van der Waals surface area contributed by atoms with Gasteiger partial charge in [0.05, 0.1) is 5.69 Å². The molecule has 0 spiro atoms. The van der Waals surface area contributed by atoms with E-state index in [1.165, 1.54) is 22.4 Å². The van der Waals surface area contributed by atoms with E-state index in [0.717, 1.165) is 11.4 Å². The van der Waals surface area contributed by atoms with E-state index < -0.39 is 0 Å². The highest BCUT2D eigenvalue weighted by molar-refractivity contribution is 7.13. The first-order chi connectivity index (χ1) is 8.33. The number of thiazole rings is 1. The van der Waals surface area contributed by atoms with Crippen molar-refractivity contribution >= 4 is 11.3 Å². The zero-order valence-electron chi connectivity index (χ0n) is 11.9. The van der Waals surface area contributed by atoms with Crippen LogP contribution in [-0.4, -0.2) is 4.98 Å². The van der Waals surface area contributed by atoms with Crippen molar-refractivity contribution in [1.29, 1.82) is 0 Å². The summed E-state index contributed by atoms with van der Waals surface area (Å²) in [6, 6.07) is 6.63. The lowest BCUT2D eigenvalue weighted by Crippen LogP contribution is -2.09. The van der Waals surface area contributed by atoms with Crippen LogP contribution in [0.25, 0.3) is 10.6 Å². The van der Waals surface area contributed by atoms with Gasteiger partial charge in [-0.1, -0.05) is 38.0 Å². The van der Waals surface area contributed by atoms with E-state index in [1.54, 1.807) is 11.3 Å². The van der Waals surface area contributed by atoms with Gasteiger partial charge in [-0.25, -0.2) is 4.98 Å². The molecule has 0 aliphatic carbocycles. The van der Waals surface area contributed by atoms with Crippen LogP contribution in [0, 0.1) is 19.3 Å². The molecular formula is C16H21NS. The van der Waals surface area contributed by atoms with Crippen LogP contribution in [0.15, 0.2) is 23.6 Å². The number of rotatable bonds is 2. The van der Waals surface area contributed by atoms with E-state index in [-0.39, 0.29) is 0 Å². The van der Waals surface area contributed by atoms with E-state index >= 15 is 0 Å². The molecule has 2 rings (SSSR count). The Kier molecular flexibility index (Phi) is 3.58. The predicted molar refractivity (Wildman–Crippen MR) is 80.2 cm³/mol. The first-order valence-corrected chi connectivity index (χ1v) is 7.24. The van der Waals surface area contributed by atoms with Gasteiger partial charge < -0.3 is 0 Å². The number of hydrogen-bond acceptors (Lipinski definition) is 2. The van der Waals surface area contributed by atoms with Crippen LogP contribution in [0.3, 0.4) is 0 Å². The van der Waals surface area contributed by atoms with Crippen molar-refractivity contribution < 1.29 is 0 Å². The van der Waals surface area contributed by atoms with Crippen molar-refractivity contribution in [2.45, 2.75) is 41.0 Å². The second kappa shape index (κ2) is 4.85. The van der Waals surface area contributed by atoms with Crippen LogP contribution in [0.2, 0.25) is 0 Å². The maximum atomic E-state index is 4.77. The topological polar surface area (TPSA) is 12.9 Å². The molecule has 0 aliphatic heterocycles. The largest absolute Gasteiger partial charge is 0.241 e. The highest BCUT2D eigenvalue weighted by Gasteiger charge is 2.14. The summed E-state index contributed by atoms with van der Waals surface area (Å²) in [5, 5.41) is 3.33. The molecule has 0 N–H and O–H groups in total. The lowest BCUT2D eigenvalue weighted by Gasteiger charge is -2.15. The van der Waals surface area contributed by atoms with Gasteiger partial charge in [0.2, 0.25) is 0 Å². The van der Waals surface area contributed by atoms with Crippen molar-refractivity contribution in [2.24, 2.45) is 5.41 Å². The number of hydrogen-bond donors (Lipinski definition) is 0. The lowest BCUT2D eigenvalue weighted by atomic mass is 9.91. The molecule has 2 aromatic rings. The van der Waals surface area contributed by atoms with Gasteiger partial charge in [0.15, 0.2) is 0 Å². The van der Waals surface area contributed by atoms with Crippen LogP contribution < -0.4 is 0 Å². The minimum absolute atomic E-state index is 0.299. The minimum atomic E-state index is 0.299. The number of benzene rings is 1. The fourth-order valence-electron chi connectivity index (χ4n) is 2.16. The van der Waals surface area contributed by atoms with Crippen molar-refractivity contribution in [3.63, 3.8) is 0 Å². The maximum absolute atomic E-state index is 4.77. The number of aryl methyl sites for hydroxylation is 2. The SMILES string of the molecule is Cc1cc(C)cc(-c2nc(CC(C)(C)C)cs2)c1. The van der Waals surface area contributed by atoms with Crippen LogP contribution in [0.4, 0.5) is 0 Å². The Balaban J connectivity index is 2.29. The average Bonchev–Trinajstić information content (AvgIpc) is 2.61. The van der Waals surface area contributed by atoms with E-state index in [1.807, 2.05) is 0 Å². The summed E-state index contributed by atoms with van der Waals surface area (Å²) >= 11 is 1.75. The smallest absolute Gasteiger partial charge is 0.123 e. The van der Waals surface area contributed by atoms with Crippen molar-refractivity contribution in [3.8, 4) is 10.6 Å². The Morgan fingerprint density at radius 1 is 1.06 bits per heavy atom. The molecule has 0 bridgehead atoms. The van der Waals surface area contributed by atoms with E-state index in [9.17, 15) is 0 Å². The summed E-state index contributed by atoms with van der Waals surface area (Å²) in [4.78, 5) is 4.77. The lowest BCUT2D eigenvalue weighted by molar-refractivity contribution is 0.407. The molecule has 0 fully saturated rings. The molecule has 0 unspecified atom stereocenters. The van der Waals surface area contributed by atoms with E-state index in [2.05, 4.69) is 58.2 Å². The summed E-state index contributed by atoms with van der Waals surface area (Å²) < 4.78 is 0. The minimum Gasteiger partial charge on any atom is -0.241 e. The zero-order valence-corrected chi connectivity index (χ0v) is 12.7. The van der Waals surface area contributed by atoms with Crippen LogP contribution >= 0.6 is 11.3 Å². The first-order valence-electron chi connectivity index (χ1n) is 6.36. The quantitative estimate of drug-likeness (QED) is 0.738. The van der Waals surface area contributed by atoms with Gasteiger partial charge in [-0.2, -0.15) is 0 Å². The Morgan fingerprint density at radius 3 is 2.22 bits per heavy atom. The molecule has 18 heavy (non-hydrogen) atoms. The third-order valence-corrected chi connectivity index (χ3v) is 3.67. The molecular weight excluding hydrogens is 238 g/mol. The first kappa shape index (κ1) is 13.3. The van der Waals surface area contributed by atoms with Crippen molar-refractivity contribution in [2.75, 3.05) is 0 Å². The fraction of sp³-hybridized carbons (Fsp3) is 0.438. The zero-order chi connectivity index (χ0) is 13.3. The monoisotopic (exact) mass is 259 g/mol. The van der Waals surface area contributed by atoms with Gasteiger partial charge in [0.25, 0.3) is 0 Å². The Morgan fingerprint density at radius 2 is 1.67 bits per heavy atom. The molecule has 0 saturated heterocycles. The van der Waals surface area contributed by atoms with Crippen molar-refractivity contribution in [3.05, 3.63) is 40.4 Å². The van der Waals surface area contributed by atoms with Crippen LogP contribution in [-0.2, 0) is 6.42 Å². The molecule has 96 valence electrons. The van der Waals surface area contributed by atoms with Gasteiger partial charge in [0, 0.05) is 10.9 Å². The summed E-state index contributed by atoms with van der Waals surface area (Å²) in [7, 11) is 0. The van der Waals surface area contributed by atoms with Gasteiger partial charge in [-0.3, -0.25) is 0 Å². The molecule has 1 aromatic carbocycles. The third kappa shape index (κ3) is 3.42. The number of aromatic nitrogens is 1. The van der Waals surface area contributed by atoms with E-state index in [4.69, 9.17) is 4.98 Å². The molecule has 0 aliphatic rings. The van der Waals surface area contributed by atoms with Crippen LogP contribution in [0.1, 0.15) is 37.6 Å². The fourth-order valence-corrected chi connectivity index (χ4v) is 2.97. The molecule has 1 nitrogen and oxygen atoms in total. The second-order valence-electron chi connectivity index (χ2n) is 6.26. The van der Waals surface area contributed by atoms with Gasteiger partial charge >= 0.3 is 0 Å². The molecule has 0 saturated carbocycles. The second-order valence-corrected chi connectivity index (χ2v) is 7.12. The number of nitrogens with zero attached hydrogens (tertiary/aromatic N) is 1. The summed E-state index contributed by atoms with van der Waals surface area (Å²) in [6.45, 7) is 11.0. The standard InChI is InChI=1S/C16H21NS/c1-11-6-12(2)8-13(7-11)15-17-14(10-18-15)9-16(3,4)5/h6-8,10H,9H2,1-5H3. The molecule has 1 heterocycles. The predicted octanol–water partition coefficient (Wildman–Crippen LogP) is 5.02. The van der Waals surface area contributed by atoms with E-state index in [0.29, 0.717) is 5.41 Å². The Hall–Kier alpha value is -1.15. The average molecular weight is 259 g/mol. The molecule has 0 radical (unpaired) electrons. The Labute approximate surface area is 114 Å². The Bertz CT molecular complexity index is 526. The van der Waals surface area contributed by atoms with Crippen molar-refractivity contribution in [1.82, 2.24) is 4.98 Å². The highest BCUT2D eigenvalue weighted by Crippen LogP contribution is 2.28. The van der Waals surface area contributed by atoms with Crippen LogP contribution in [0.5, 0.6) is 0 Å². The molecule has 1 aromatic heterocycles. The normalized spacial score (nSPS) is 11.8.